The monoisotopic (exact) mass is 384 g/mol. The van der Waals surface area contributed by atoms with Crippen LogP contribution in [0.4, 0.5) is 0 Å². The maximum Gasteiger partial charge on any atom is 0.262 e. The molecule has 0 spiro atoms. The number of ether oxygens (including phenoxy) is 2. The van der Waals surface area contributed by atoms with Gasteiger partial charge < -0.3 is 9.47 Å². The van der Waals surface area contributed by atoms with E-state index in [4.69, 9.17) is 14.5 Å². The van der Waals surface area contributed by atoms with E-state index in [0.29, 0.717) is 25.1 Å². The zero-order valence-electron chi connectivity index (χ0n) is 15.7. The van der Waals surface area contributed by atoms with Crippen LogP contribution in [0.5, 0.6) is 5.75 Å². The lowest BCUT2D eigenvalue weighted by Crippen LogP contribution is -2.24. The summed E-state index contributed by atoms with van der Waals surface area (Å²) in [4.78, 5) is 17.7. The van der Waals surface area contributed by atoms with Crippen molar-refractivity contribution < 1.29 is 9.47 Å². The van der Waals surface area contributed by atoms with Gasteiger partial charge in [0.05, 0.1) is 18.0 Å². The minimum Gasteiger partial charge on any atom is -0.497 e. The average molecular weight is 385 g/mol. The molecule has 0 saturated heterocycles. The summed E-state index contributed by atoms with van der Waals surface area (Å²) >= 11 is 1.58. The lowest BCUT2D eigenvalue weighted by atomic mass is 10.2. The predicted molar refractivity (Wildman–Crippen MR) is 110 cm³/mol. The van der Waals surface area contributed by atoms with Crippen molar-refractivity contribution in [3.8, 4) is 5.75 Å². The van der Waals surface area contributed by atoms with Crippen molar-refractivity contribution >= 4 is 22.7 Å². The summed E-state index contributed by atoms with van der Waals surface area (Å²) in [5.74, 6) is 1.57. The molecular formula is C21H24N2O3S. The third kappa shape index (κ3) is 4.90. The summed E-state index contributed by atoms with van der Waals surface area (Å²) < 4.78 is 12.4. The Kier molecular flexibility index (Phi) is 6.90. The minimum absolute atomic E-state index is 0.00864. The van der Waals surface area contributed by atoms with E-state index >= 15 is 0 Å². The summed E-state index contributed by atoms with van der Waals surface area (Å²) in [6.45, 7) is 3.89. The molecule has 0 bridgehead atoms. The first kappa shape index (κ1) is 19.5. The van der Waals surface area contributed by atoms with Crippen LogP contribution in [-0.2, 0) is 17.0 Å². The largest absolute Gasteiger partial charge is 0.497 e. The molecule has 0 amide bonds. The van der Waals surface area contributed by atoms with Crippen molar-refractivity contribution in [3.05, 3.63) is 64.4 Å². The second-order valence-electron chi connectivity index (χ2n) is 6.06. The molecule has 6 heteroatoms. The van der Waals surface area contributed by atoms with Crippen LogP contribution in [0.25, 0.3) is 10.9 Å². The van der Waals surface area contributed by atoms with Gasteiger partial charge in [0, 0.05) is 25.5 Å². The van der Waals surface area contributed by atoms with Crippen LogP contribution in [-0.4, -0.2) is 29.9 Å². The number of hydrogen-bond acceptors (Lipinski definition) is 5. The summed E-state index contributed by atoms with van der Waals surface area (Å²) in [6, 6.07) is 15.5. The third-order valence-electron chi connectivity index (χ3n) is 4.23. The van der Waals surface area contributed by atoms with Gasteiger partial charge in [-0.1, -0.05) is 36.0 Å². The number of benzene rings is 2. The number of hydrogen-bond donors (Lipinski definition) is 0. The maximum atomic E-state index is 13.0. The van der Waals surface area contributed by atoms with E-state index in [1.54, 1.807) is 23.4 Å². The molecule has 0 aliphatic carbocycles. The Morgan fingerprint density at radius 2 is 1.89 bits per heavy atom. The fourth-order valence-corrected chi connectivity index (χ4v) is 3.77. The summed E-state index contributed by atoms with van der Waals surface area (Å²) in [5, 5.41) is 1.40. The highest BCUT2D eigenvalue weighted by Gasteiger charge is 2.11. The van der Waals surface area contributed by atoms with Crippen molar-refractivity contribution in [2.24, 2.45) is 0 Å². The SMILES string of the molecule is CCOCCCn1c(SCc2ccc(OC)cc2)nc2ccccc2c1=O. The molecule has 0 N–H and O–H groups in total. The van der Waals surface area contributed by atoms with E-state index in [9.17, 15) is 4.79 Å². The summed E-state index contributed by atoms with van der Waals surface area (Å²) in [5.41, 5.74) is 1.90. The number of fused-ring (bicyclic) bond motifs is 1. The van der Waals surface area contributed by atoms with Gasteiger partial charge >= 0.3 is 0 Å². The van der Waals surface area contributed by atoms with Crippen LogP contribution in [0, 0.1) is 0 Å². The molecule has 1 aromatic heterocycles. The smallest absolute Gasteiger partial charge is 0.262 e. The molecule has 27 heavy (non-hydrogen) atoms. The van der Waals surface area contributed by atoms with Crippen LogP contribution in [0.15, 0.2) is 58.5 Å². The number of aromatic nitrogens is 2. The Bertz CT molecular complexity index is 938. The minimum atomic E-state index is 0.00864. The first-order valence-corrected chi connectivity index (χ1v) is 10.0. The van der Waals surface area contributed by atoms with Crippen LogP contribution >= 0.6 is 11.8 Å². The second-order valence-corrected chi connectivity index (χ2v) is 7.00. The Labute approximate surface area is 163 Å². The lowest BCUT2D eigenvalue weighted by molar-refractivity contribution is 0.140. The standard InChI is InChI=1S/C21H24N2O3S/c1-3-26-14-6-13-23-20(24)18-7-4-5-8-19(18)22-21(23)27-15-16-9-11-17(25-2)12-10-16/h4-5,7-12H,3,6,13-15H2,1-2H3. The molecule has 3 aromatic rings. The first-order chi connectivity index (χ1) is 13.2. The van der Waals surface area contributed by atoms with Gasteiger partial charge in [-0.2, -0.15) is 0 Å². The predicted octanol–water partition coefficient (Wildman–Crippen LogP) is 4.12. The van der Waals surface area contributed by atoms with Gasteiger partial charge in [0.15, 0.2) is 5.16 Å². The highest BCUT2D eigenvalue weighted by atomic mass is 32.2. The highest BCUT2D eigenvalue weighted by Crippen LogP contribution is 2.23. The van der Waals surface area contributed by atoms with Crippen LogP contribution in [0.2, 0.25) is 0 Å². The lowest BCUT2D eigenvalue weighted by Gasteiger charge is -2.13. The molecule has 0 aliphatic heterocycles. The van der Waals surface area contributed by atoms with Gasteiger partial charge in [0.2, 0.25) is 0 Å². The zero-order chi connectivity index (χ0) is 19.1. The molecule has 0 atom stereocenters. The maximum absolute atomic E-state index is 13.0. The zero-order valence-corrected chi connectivity index (χ0v) is 16.5. The Morgan fingerprint density at radius 1 is 1.11 bits per heavy atom. The molecule has 2 aromatic carbocycles. The molecule has 0 saturated carbocycles. The first-order valence-electron chi connectivity index (χ1n) is 9.06. The number of para-hydroxylation sites is 1. The van der Waals surface area contributed by atoms with E-state index in [1.165, 1.54) is 0 Å². The fourth-order valence-electron chi connectivity index (χ4n) is 2.79. The van der Waals surface area contributed by atoms with Gasteiger partial charge in [0.1, 0.15) is 5.75 Å². The van der Waals surface area contributed by atoms with E-state index in [0.717, 1.165) is 34.2 Å². The molecule has 1 heterocycles. The normalized spacial score (nSPS) is 11.0. The number of thioether (sulfide) groups is 1. The number of rotatable bonds is 9. The molecule has 142 valence electrons. The van der Waals surface area contributed by atoms with Gasteiger partial charge in [-0.15, -0.1) is 0 Å². The van der Waals surface area contributed by atoms with Crippen LogP contribution in [0.1, 0.15) is 18.9 Å². The van der Waals surface area contributed by atoms with E-state index in [-0.39, 0.29) is 5.56 Å². The molecule has 0 fully saturated rings. The third-order valence-corrected chi connectivity index (χ3v) is 5.28. The van der Waals surface area contributed by atoms with Gasteiger partial charge in [-0.05, 0) is 43.2 Å². The van der Waals surface area contributed by atoms with Crippen LogP contribution < -0.4 is 10.3 Å². The number of nitrogens with zero attached hydrogens (tertiary/aromatic N) is 2. The molecule has 0 radical (unpaired) electrons. The van der Waals surface area contributed by atoms with Crippen molar-refractivity contribution in [2.75, 3.05) is 20.3 Å². The molecule has 3 rings (SSSR count). The summed E-state index contributed by atoms with van der Waals surface area (Å²) in [7, 11) is 1.66. The van der Waals surface area contributed by atoms with Gasteiger partial charge in [0.25, 0.3) is 5.56 Å². The van der Waals surface area contributed by atoms with Gasteiger partial charge in [-0.25, -0.2) is 4.98 Å². The quantitative estimate of drug-likeness (QED) is 0.315. The van der Waals surface area contributed by atoms with Crippen molar-refractivity contribution in [3.63, 3.8) is 0 Å². The van der Waals surface area contributed by atoms with E-state index < -0.39 is 0 Å². The number of methoxy groups -OCH3 is 1. The Hall–Kier alpha value is -2.31. The second kappa shape index (κ2) is 9.58. The topological polar surface area (TPSA) is 53.4 Å². The van der Waals surface area contributed by atoms with E-state index in [2.05, 4.69) is 0 Å². The molecular weight excluding hydrogens is 360 g/mol. The summed E-state index contributed by atoms with van der Waals surface area (Å²) in [6.07, 6.45) is 0.782. The van der Waals surface area contributed by atoms with Crippen LogP contribution in [0.3, 0.4) is 0 Å². The van der Waals surface area contributed by atoms with Crippen molar-refractivity contribution in [1.29, 1.82) is 0 Å². The van der Waals surface area contributed by atoms with Crippen molar-refractivity contribution in [1.82, 2.24) is 9.55 Å². The molecule has 5 nitrogen and oxygen atoms in total. The average Bonchev–Trinajstić information content (AvgIpc) is 2.71. The van der Waals surface area contributed by atoms with E-state index in [1.807, 2.05) is 55.5 Å². The van der Waals surface area contributed by atoms with Gasteiger partial charge in [-0.3, -0.25) is 9.36 Å². The Morgan fingerprint density at radius 3 is 2.63 bits per heavy atom. The molecule has 0 unspecified atom stereocenters. The fraction of sp³-hybridized carbons (Fsp3) is 0.333. The Balaban J connectivity index is 1.85. The van der Waals surface area contributed by atoms with Crippen molar-refractivity contribution in [2.45, 2.75) is 30.8 Å². The highest BCUT2D eigenvalue weighted by molar-refractivity contribution is 7.98. The molecule has 0 aliphatic rings.